The third-order valence-electron chi connectivity index (χ3n) is 2.48. The van der Waals surface area contributed by atoms with Crippen LogP contribution in [-0.4, -0.2) is 18.5 Å². The molecule has 0 amide bonds. The zero-order valence-electron chi connectivity index (χ0n) is 10.3. The lowest BCUT2D eigenvalue weighted by atomic mass is 10.2. The lowest BCUT2D eigenvalue weighted by molar-refractivity contribution is 0.454. The quantitative estimate of drug-likeness (QED) is 0.712. The van der Waals surface area contributed by atoms with E-state index < -0.39 is 0 Å². The molecule has 0 radical (unpaired) electrons. The van der Waals surface area contributed by atoms with Gasteiger partial charge in [-0.3, -0.25) is 0 Å². The van der Waals surface area contributed by atoms with Gasteiger partial charge in [0.15, 0.2) is 0 Å². The first-order valence-corrected chi connectivity index (χ1v) is 5.47. The fraction of sp³-hybridized carbons (Fsp3) is 0.385. The van der Waals surface area contributed by atoms with E-state index in [4.69, 9.17) is 11.5 Å². The van der Waals surface area contributed by atoms with Gasteiger partial charge in [-0.2, -0.15) is 0 Å². The summed E-state index contributed by atoms with van der Waals surface area (Å²) < 4.78 is 0. The highest BCUT2D eigenvalue weighted by Crippen LogP contribution is 2.14. The number of allylic oxidation sites excluding steroid dienone is 4. The third kappa shape index (κ3) is 3.85. The van der Waals surface area contributed by atoms with Crippen LogP contribution in [0.3, 0.4) is 0 Å². The molecule has 0 bridgehead atoms. The summed E-state index contributed by atoms with van der Waals surface area (Å²) in [6.45, 7) is 5.10. The first-order valence-electron chi connectivity index (χ1n) is 5.47. The van der Waals surface area contributed by atoms with Crippen molar-refractivity contribution in [1.29, 1.82) is 0 Å². The molecule has 1 aliphatic carbocycles. The minimum absolute atomic E-state index is 0.713. The predicted octanol–water partition coefficient (Wildman–Crippen LogP) is 1.86. The summed E-state index contributed by atoms with van der Waals surface area (Å²) in [6, 6.07) is 0. The van der Waals surface area contributed by atoms with Crippen LogP contribution < -0.4 is 11.5 Å². The van der Waals surface area contributed by atoms with E-state index in [0.29, 0.717) is 5.70 Å². The van der Waals surface area contributed by atoms with Crippen LogP contribution in [0.25, 0.3) is 0 Å². The van der Waals surface area contributed by atoms with Gasteiger partial charge in [0.05, 0.1) is 0 Å². The Hall–Kier alpha value is -1.64. The number of nitrogens with two attached hydrogens (primary N) is 2. The van der Waals surface area contributed by atoms with Crippen molar-refractivity contribution in [3.8, 4) is 0 Å². The van der Waals surface area contributed by atoms with Crippen LogP contribution in [0, 0.1) is 0 Å². The Morgan fingerprint density at radius 3 is 2.62 bits per heavy atom. The van der Waals surface area contributed by atoms with E-state index in [1.807, 2.05) is 12.2 Å². The zero-order valence-corrected chi connectivity index (χ0v) is 10.3. The lowest BCUT2D eigenvalue weighted by Gasteiger charge is -2.20. The number of hydrogen-bond donors (Lipinski definition) is 2. The van der Waals surface area contributed by atoms with Crippen molar-refractivity contribution in [1.82, 2.24) is 4.90 Å². The SMILES string of the molecule is CC(C)=CCN(C)C1=CC(N)=CC(N)=CC1. The van der Waals surface area contributed by atoms with Crippen LogP contribution in [0.15, 0.2) is 47.0 Å². The van der Waals surface area contributed by atoms with Gasteiger partial charge in [0.2, 0.25) is 0 Å². The average Bonchev–Trinajstić information content (AvgIpc) is 2.35. The highest BCUT2D eigenvalue weighted by atomic mass is 15.1. The Kier molecular flexibility index (Phi) is 4.23. The summed E-state index contributed by atoms with van der Waals surface area (Å²) in [5.74, 6) is 0. The van der Waals surface area contributed by atoms with Gasteiger partial charge in [0.25, 0.3) is 0 Å². The van der Waals surface area contributed by atoms with Crippen LogP contribution in [-0.2, 0) is 0 Å². The summed E-state index contributed by atoms with van der Waals surface area (Å²) in [6.07, 6.45) is 8.79. The molecule has 0 aromatic carbocycles. The normalized spacial score (nSPS) is 15.6. The summed E-state index contributed by atoms with van der Waals surface area (Å²) in [5, 5.41) is 0. The molecule has 3 nitrogen and oxygen atoms in total. The molecule has 4 N–H and O–H groups in total. The Morgan fingerprint density at radius 2 is 2.00 bits per heavy atom. The van der Waals surface area contributed by atoms with Gasteiger partial charge in [-0.25, -0.2) is 0 Å². The molecule has 0 fully saturated rings. The lowest BCUT2D eigenvalue weighted by Crippen LogP contribution is -2.18. The minimum Gasteiger partial charge on any atom is -0.399 e. The van der Waals surface area contributed by atoms with Crippen LogP contribution in [0.2, 0.25) is 0 Å². The van der Waals surface area contributed by atoms with Crippen molar-refractivity contribution in [3.05, 3.63) is 47.0 Å². The van der Waals surface area contributed by atoms with E-state index in [1.165, 1.54) is 11.3 Å². The zero-order chi connectivity index (χ0) is 12.1. The molecule has 0 aromatic heterocycles. The van der Waals surface area contributed by atoms with Crippen molar-refractivity contribution >= 4 is 0 Å². The molecular weight excluding hydrogens is 198 g/mol. The Bertz CT molecular complexity index is 369. The molecule has 0 saturated heterocycles. The van der Waals surface area contributed by atoms with Crippen LogP contribution in [0.5, 0.6) is 0 Å². The van der Waals surface area contributed by atoms with E-state index in [2.05, 4.69) is 31.9 Å². The Balaban J connectivity index is 2.74. The average molecular weight is 219 g/mol. The summed E-state index contributed by atoms with van der Waals surface area (Å²) in [4.78, 5) is 2.18. The molecule has 0 saturated carbocycles. The summed E-state index contributed by atoms with van der Waals surface area (Å²) in [5.41, 5.74) is 15.5. The molecule has 0 aliphatic heterocycles. The fourth-order valence-corrected chi connectivity index (χ4v) is 1.47. The van der Waals surface area contributed by atoms with Gasteiger partial charge in [-0.05, 0) is 26.0 Å². The molecule has 1 aliphatic rings. The van der Waals surface area contributed by atoms with E-state index in [0.717, 1.165) is 18.7 Å². The van der Waals surface area contributed by atoms with Crippen LogP contribution in [0.1, 0.15) is 20.3 Å². The molecule has 16 heavy (non-hydrogen) atoms. The highest BCUT2D eigenvalue weighted by molar-refractivity contribution is 5.33. The first-order chi connectivity index (χ1) is 7.49. The maximum absolute atomic E-state index is 5.83. The van der Waals surface area contributed by atoms with Crippen molar-refractivity contribution in [3.63, 3.8) is 0 Å². The van der Waals surface area contributed by atoms with Crippen LogP contribution >= 0.6 is 0 Å². The Labute approximate surface area is 97.8 Å². The Morgan fingerprint density at radius 1 is 1.31 bits per heavy atom. The van der Waals surface area contributed by atoms with Gasteiger partial charge in [0.1, 0.15) is 0 Å². The topological polar surface area (TPSA) is 55.3 Å². The van der Waals surface area contributed by atoms with Crippen molar-refractivity contribution in [2.24, 2.45) is 11.5 Å². The van der Waals surface area contributed by atoms with E-state index in [1.54, 1.807) is 6.08 Å². The smallest absolute Gasteiger partial charge is 0.0355 e. The van der Waals surface area contributed by atoms with Crippen molar-refractivity contribution in [2.75, 3.05) is 13.6 Å². The van der Waals surface area contributed by atoms with Crippen molar-refractivity contribution < 1.29 is 0 Å². The molecule has 0 spiro atoms. The molecule has 3 heteroatoms. The standard InChI is InChI=1S/C13H21N3/c1-10(2)6-7-16(3)13-5-4-11(14)8-12(15)9-13/h4,6,8-9H,5,7,14-15H2,1-3H3. The second-order valence-corrected chi connectivity index (χ2v) is 4.35. The summed E-state index contributed by atoms with van der Waals surface area (Å²) >= 11 is 0. The molecule has 0 unspecified atom stereocenters. The number of rotatable bonds is 3. The fourth-order valence-electron chi connectivity index (χ4n) is 1.47. The van der Waals surface area contributed by atoms with E-state index >= 15 is 0 Å². The molecular formula is C13H21N3. The van der Waals surface area contributed by atoms with Gasteiger partial charge in [0, 0.05) is 37.1 Å². The van der Waals surface area contributed by atoms with E-state index in [-0.39, 0.29) is 0 Å². The third-order valence-corrected chi connectivity index (χ3v) is 2.48. The molecule has 0 aromatic rings. The largest absolute Gasteiger partial charge is 0.399 e. The number of hydrogen-bond acceptors (Lipinski definition) is 3. The first kappa shape index (κ1) is 12.4. The van der Waals surface area contributed by atoms with Gasteiger partial charge >= 0.3 is 0 Å². The minimum atomic E-state index is 0.713. The number of likely N-dealkylation sites (N-methyl/N-ethyl adjacent to an activating group) is 1. The summed E-state index contributed by atoms with van der Waals surface area (Å²) in [7, 11) is 2.06. The van der Waals surface area contributed by atoms with E-state index in [9.17, 15) is 0 Å². The number of nitrogens with zero attached hydrogens (tertiary/aromatic N) is 1. The highest BCUT2D eigenvalue weighted by Gasteiger charge is 2.05. The molecule has 88 valence electrons. The monoisotopic (exact) mass is 219 g/mol. The molecule has 0 heterocycles. The maximum atomic E-state index is 5.83. The molecule has 0 atom stereocenters. The van der Waals surface area contributed by atoms with Crippen molar-refractivity contribution in [2.45, 2.75) is 20.3 Å². The maximum Gasteiger partial charge on any atom is 0.0355 e. The second-order valence-electron chi connectivity index (χ2n) is 4.35. The van der Waals surface area contributed by atoms with Gasteiger partial charge in [-0.15, -0.1) is 0 Å². The van der Waals surface area contributed by atoms with Gasteiger partial charge in [-0.1, -0.05) is 17.7 Å². The predicted molar refractivity (Wildman–Crippen MR) is 69.3 cm³/mol. The second kappa shape index (κ2) is 5.45. The van der Waals surface area contributed by atoms with Crippen LogP contribution in [0.4, 0.5) is 0 Å². The molecule has 1 rings (SSSR count). The van der Waals surface area contributed by atoms with Gasteiger partial charge < -0.3 is 16.4 Å².